The van der Waals surface area contributed by atoms with E-state index < -0.39 is 0 Å². The quantitative estimate of drug-likeness (QED) is 0.681. The van der Waals surface area contributed by atoms with Gasteiger partial charge in [-0.05, 0) is 23.4 Å². The molecule has 2 aliphatic heterocycles. The van der Waals surface area contributed by atoms with Crippen molar-refractivity contribution >= 4 is 23.1 Å². The summed E-state index contributed by atoms with van der Waals surface area (Å²) >= 11 is 3.99. The molecule has 3 heteroatoms. The first kappa shape index (κ1) is 7.42. The van der Waals surface area contributed by atoms with Crippen LogP contribution in [0, 0.1) is 0 Å². The van der Waals surface area contributed by atoms with E-state index in [0.717, 1.165) is 0 Å². The first-order valence-electron chi connectivity index (χ1n) is 4.30. The number of nitrogens with one attached hydrogen (secondary N) is 1. The highest BCUT2D eigenvalue weighted by Crippen LogP contribution is 2.44. The summed E-state index contributed by atoms with van der Waals surface area (Å²) in [5.74, 6) is 2.56. The molecule has 1 spiro atoms. The van der Waals surface area contributed by atoms with Crippen LogP contribution in [0.4, 0.5) is 0 Å². The van der Waals surface area contributed by atoms with Crippen LogP contribution in [0.25, 0.3) is 0 Å². The van der Waals surface area contributed by atoms with Gasteiger partial charge < -0.3 is 5.32 Å². The Balaban J connectivity index is 2.09. The summed E-state index contributed by atoms with van der Waals surface area (Å²) < 4.78 is 0. The van der Waals surface area contributed by atoms with E-state index in [1.807, 2.05) is 11.3 Å². The number of rotatable bonds is 0. The Kier molecular flexibility index (Phi) is 1.54. The van der Waals surface area contributed by atoms with Gasteiger partial charge in [0.15, 0.2) is 0 Å². The molecule has 1 aromatic heterocycles. The maximum atomic E-state index is 3.66. The van der Waals surface area contributed by atoms with E-state index in [1.54, 1.807) is 10.4 Å². The normalized spacial score (nSPS) is 25.0. The second kappa shape index (κ2) is 2.50. The van der Waals surface area contributed by atoms with Crippen LogP contribution in [-0.2, 0) is 12.0 Å². The summed E-state index contributed by atoms with van der Waals surface area (Å²) in [4.78, 5) is 1.62. The van der Waals surface area contributed by atoms with Crippen LogP contribution >= 0.6 is 23.1 Å². The number of thioether (sulfide) groups is 1. The molecule has 0 aliphatic carbocycles. The zero-order valence-corrected chi connectivity index (χ0v) is 8.43. The van der Waals surface area contributed by atoms with Gasteiger partial charge in [0.2, 0.25) is 0 Å². The molecule has 0 saturated carbocycles. The second-order valence-electron chi connectivity index (χ2n) is 3.53. The van der Waals surface area contributed by atoms with Crippen molar-refractivity contribution in [2.75, 3.05) is 18.1 Å². The van der Waals surface area contributed by atoms with Crippen LogP contribution in [0.3, 0.4) is 0 Å². The number of hydrogen-bond acceptors (Lipinski definition) is 3. The lowest BCUT2D eigenvalue weighted by atomic mass is 9.92. The molecule has 64 valence electrons. The second-order valence-corrected chi connectivity index (χ2v) is 5.43. The standard InChI is InChI=1S/C9H11NS2/c1-3-10-9(5-11-6-9)8-7(1)2-4-12-8/h2,4,10H,1,3,5-6H2. The highest BCUT2D eigenvalue weighted by molar-refractivity contribution is 8.00. The molecule has 1 nitrogen and oxygen atoms in total. The molecule has 12 heavy (non-hydrogen) atoms. The molecule has 0 radical (unpaired) electrons. The van der Waals surface area contributed by atoms with Gasteiger partial charge in [-0.15, -0.1) is 11.3 Å². The fourth-order valence-electron chi connectivity index (χ4n) is 2.01. The van der Waals surface area contributed by atoms with Gasteiger partial charge >= 0.3 is 0 Å². The monoisotopic (exact) mass is 197 g/mol. The number of fused-ring (bicyclic) bond motifs is 2. The third-order valence-corrected chi connectivity index (χ3v) is 5.29. The van der Waals surface area contributed by atoms with E-state index in [1.165, 1.54) is 24.5 Å². The van der Waals surface area contributed by atoms with E-state index in [0.29, 0.717) is 5.54 Å². The Hall–Kier alpha value is 0.01000. The SMILES string of the molecule is c1cc2c(s1)C1(CSC1)NCC2. The summed E-state index contributed by atoms with van der Waals surface area (Å²) in [6.07, 6.45) is 1.23. The summed E-state index contributed by atoms with van der Waals surface area (Å²) in [5, 5.41) is 5.90. The fraction of sp³-hybridized carbons (Fsp3) is 0.556. The smallest absolute Gasteiger partial charge is 0.0714 e. The Bertz CT molecular complexity index is 301. The van der Waals surface area contributed by atoms with Crippen LogP contribution in [0.1, 0.15) is 10.4 Å². The molecule has 1 aromatic rings. The van der Waals surface area contributed by atoms with E-state index in [9.17, 15) is 0 Å². The molecular weight excluding hydrogens is 186 g/mol. The van der Waals surface area contributed by atoms with Gasteiger partial charge in [-0.1, -0.05) is 0 Å². The Morgan fingerprint density at radius 1 is 1.42 bits per heavy atom. The van der Waals surface area contributed by atoms with E-state index >= 15 is 0 Å². The van der Waals surface area contributed by atoms with Crippen molar-refractivity contribution in [1.82, 2.24) is 5.32 Å². The summed E-state index contributed by atoms with van der Waals surface area (Å²) in [6.45, 7) is 1.17. The molecule has 3 rings (SSSR count). The molecule has 1 saturated heterocycles. The maximum Gasteiger partial charge on any atom is 0.0714 e. The molecular formula is C9H11NS2. The third-order valence-electron chi connectivity index (χ3n) is 2.74. The molecule has 0 amide bonds. The molecule has 0 unspecified atom stereocenters. The van der Waals surface area contributed by atoms with Crippen molar-refractivity contribution in [1.29, 1.82) is 0 Å². The van der Waals surface area contributed by atoms with Crippen molar-refractivity contribution in [2.45, 2.75) is 12.0 Å². The van der Waals surface area contributed by atoms with Crippen LogP contribution in [0.15, 0.2) is 11.4 Å². The Labute approximate surface area is 80.6 Å². The van der Waals surface area contributed by atoms with Crippen LogP contribution in [-0.4, -0.2) is 18.1 Å². The first-order valence-corrected chi connectivity index (χ1v) is 6.34. The van der Waals surface area contributed by atoms with E-state index in [-0.39, 0.29) is 0 Å². The average molecular weight is 197 g/mol. The summed E-state index contributed by atoms with van der Waals surface area (Å²) in [6, 6.07) is 2.30. The van der Waals surface area contributed by atoms with Crippen molar-refractivity contribution < 1.29 is 0 Å². The first-order chi connectivity index (χ1) is 5.91. The van der Waals surface area contributed by atoms with Crippen molar-refractivity contribution in [3.63, 3.8) is 0 Å². The van der Waals surface area contributed by atoms with Gasteiger partial charge in [0, 0.05) is 22.9 Å². The molecule has 1 fully saturated rings. The predicted molar refractivity (Wildman–Crippen MR) is 55.0 cm³/mol. The molecule has 3 heterocycles. The van der Waals surface area contributed by atoms with Crippen LogP contribution in [0.5, 0.6) is 0 Å². The van der Waals surface area contributed by atoms with Gasteiger partial charge in [0.25, 0.3) is 0 Å². The highest BCUT2D eigenvalue weighted by atomic mass is 32.2. The van der Waals surface area contributed by atoms with Gasteiger partial charge in [0.05, 0.1) is 5.54 Å². The van der Waals surface area contributed by atoms with E-state index in [4.69, 9.17) is 0 Å². The van der Waals surface area contributed by atoms with Crippen LogP contribution < -0.4 is 5.32 Å². The van der Waals surface area contributed by atoms with Crippen molar-refractivity contribution in [2.24, 2.45) is 0 Å². The predicted octanol–water partition coefficient (Wildman–Crippen LogP) is 1.84. The highest BCUT2D eigenvalue weighted by Gasteiger charge is 2.43. The average Bonchev–Trinajstić information content (AvgIpc) is 2.47. The number of hydrogen-bond donors (Lipinski definition) is 1. The summed E-state index contributed by atoms with van der Waals surface area (Å²) in [5.41, 5.74) is 1.99. The third kappa shape index (κ3) is 0.845. The lowest BCUT2D eigenvalue weighted by molar-refractivity contribution is 0.387. The zero-order valence-electron chi connectivity index (χ0n) is 6.80. The van der Waals surface area contributed by atoms with Crippen molar-refractivity contribution in [3.05, 3.63) is 21.9 Å². The van der Waals surface area contributed by atoms with Gasteiger partial charge in [-0.25, -0.2) is 0 Å². The molecule has 0 atom stereocenters. The lowest BCUT2D eigenvalue weighted by Crippen LogP contribution is -2.55. The Morgan fingerprint density at radius 3 is 3.08 bits per heavy atom. The zero-order chi connectivity index (χ0) is 8.02. The molecule has 2 aliphatic rings. The van der Waals surface area contributed by atoms with E-state index in [2.05, 4.69) is 28.5 Å². The fourth-order valence-corrected chi connectivity index (χ4v) is 4.43. The minimum atomic E-state index is 0.395. The van der Waals surface area contributed by atoms with Crippen LogP contribution in [0.2, 0.25) is 0 Å². The molecule has 0 bridgehead atoms. The van der Waals surface area contributed by atoms with Crippen molar-refractivity contribution in [3.8, 4) is 0 Å². The molecule has 1 N–H and O–H groups in total. The summed E-state index contributed by atoms with van der Waals surface area (Å²) in [7, 11) is 0. The van der Waals surface area contributed by atoms with Gasteiger partial charge in [-0.2, -0.15) is 11.8 Å². The maximum absolute atomic E-state index is 3.66. The Morgan fingerprint density at radius 2 is 2.33 bits per heavy atom. The minimum Gasteiger partial charge on any atom is -0.305 e. The topological polar surface area (TPSA) is 12.0 Å². The molecule has 0 aromatic carbocycles. The van der Waals surface area contributed by atoms with Gasteiger partial charge in [0.1, 0.15) is 0 Å². The lowest BCUT2D eigenvalue weighted by Gasteiger charge is -2.44. The van der Waals surface area contributed by atoms with Gasteiger partial charge in [-0.3, -0.25) is 0 Å². The number of thiophene rings is 1. The largest absolute Gasteiger partial charge is 0.305 e. The minimum absolute atomic E-state index is 0.395.